The molecule has 1 N–H and O–H groups in total. The van der Waals surface area contributed by atoms with Gasteiger partial charge in [0.25, 0.3) is 0 Å². The molecule has 0 heterocycles. The highest BCUT2D eigenvalue weighted by molar-refractivity contribution is 5.79. The molecule has 0 spiro atoms. The molecule has 0 aliphatic heterocycles. The highest BCUT2D eigenvalue weighted by Crippen LogP contribution is 2.44. The average molecular weight is 407 g/mol. The maximum Gasteiger partial charge on any atom is 0.407 e. The fourth-order valence-electron chi connectivity index (χ4n) is 3.74. The Balaban J connectivity index is 1.30. The van der Waals surface area contributed by atoms with Gasteiger partial charge in [-0.3, -0.25) is 4.79 Å². The molecule has 0 atom stereocenters. The summed E-state index contributed by atoms with van der Waals surface area (Å²) >= 11 is 0. The fourth-order valence-corrected chi connectivity index (χ4v) is 3.74. The molecule has 152 valence electrons. The van der Waals surface area contributed by atoms with E-state index in [1.165, 1.54) is 28.3 Å². The van der Waals surface area contributed by atoms with Crippen molar-refractivity contribution in [3.8, 4) is 23.0 Å². The quantitative estimate of drug-likeness (QED) is 0.376. The first kappa shape index (κ1) is 20.2. The van der Waals surface area contributed by atoms with Crippen LogP contribution in [-0.4, -0.2) is 25.5 Å². The number of alkyl carbamates (subject to hydrolysis) is 1. The van der Waals surface area contributed by atoms with Crippen LogP contribution >= 0.6 is 0 Å². The summed E-state index contributed by atoms with van der Waals surface area (Å²) in [5.41, 5.74) is 6.52. The Morgan fingerprint density at radius 2 is 1.58 bits per heavy atom. The van der Waals surface area contributed by atoms with Crippen molar-refractivity contribution in [1.82, 2.24) is 5.32 Å². The van der Waals surface area contributed by atoms with Crippen LogP contribution in [0.1, 0.15) is 28.2 Å². The Morgan fingerprint density at radius 3 is 2.23 bits per heavy atom. The van der Waals surface area contributed by atoms with Gasteiger partial charge in [0, 0.05) is 11.5 Å². The minimum atomic E-state index is -0.481. The fraction of sp³-hybridized carbons (Fsp3) is 0.111. The van der Waals surface area contributed by atoms with E-state index >= 15 is 0 Å². The molecule has 0 saturated heterocycles. The van der Waals surface area contributed by atoms with Crippen LogP contribution in [0.4, 0.5) is 4.79 Å². The summed E-state index contributed by atoms with van der Waals surface area (Å²) in [6.45, 7) is 0.479. The van der Waals surface area contributed by atoms with Gasteiger partial charge in [0.1, 0.15) is 12.9 Å². The van der Waals surface area contributed by atoms with Crippen molar-refractivity contribution < 1.29 is 14.3 Å². The van der Waals surface area contributed by atoms with Crippen LogP contribution in [0.25, 0.3) is 17.2 Å². The molecule has 4 nitrogen and oxygen atoms in total. The monoisotopic (exact) mass is 407 g/mol. The van der Waals surface area contributed by atoms with Crippen molar-refractivity contribution >= 4 is 18.5 Å². The molecule has 3 aromatic carbocycles. The van der Waals surface area contributed by atoms with Gasteiger partial charge in [-0.25, -0.2) is 4.79 Å². The molecule has 3 aromatic rings. The molecule has 4 heteroatoms. The smallest absolute Gasteiger partial charge is 0.407 e. The number of nitrogens with one attached hydrogen (secondary N) is 1. The van der Waals surface area contributed by atoms with E-state index < -0.39 is 6.09 Å². The molecular formula is C27H21NO3. The van der Waals surface area contributed by atoms with E-state index in [4.69, 9.17) is 4.74 Å². The molecule has 1 aliphatic rings. The number of carbonyl (C=O) groups is 2. The number of aldehydes is 1. The lowest BCUT2D eigenvalue weighted by Gasteiger charge is -2.14. The second-order valence-corrected chi connectivity index (χ2v) is 7.10. The summed E-state index contributed by atoms with van der Waals surface area (Å²) in [6.07, 6.45) is 3.43. The molecular weight excluding hydrogens is 386 g/mol. The van der Waals surface area contributed by atoms with Crippen molar-refractivity contribution in [2.45, 2.75) is 5.92 Å². The highest BCUT2D eigenvalue weighted by Gasteiger charge is 2.28. The Morgan fingerprint density at radius 1 is 0.935 bits per heavy atom. The number of benzene rings is 3. The predicted octanol–water partition coefficient (Wildman–Crippen LogP) is 4.79. The number of hydrogen-bond acceptors (Lipinski definition) is 3. The van der Waals surface area contributed by atoms with Crippen molar-refractivity contribution in [3.05, 3.63) is 101 Å². The summed E-state index contributed by atoms with van der Waals surface area (Å²) in [5.74, 6) is 5.95. The summed E-state index contributed by atoms with van der Waals surface area (Å²) in [6, 6.07) is 24.0. The number of fused-ring (bicyclic) bond motifs is 3. The summed E-state index contributed by atoms with van der Waals surface area (Å²) in [5, 5.41) is 2.68. The average Bonchev–Trinajstić information content (AvgIpc) is 3.14. The molecule has 0 bridgehead atoms. The summed E-state index contributed by atoms with van der Waals surface area (Å²) in [4.78, 5) is 22.5. The van der Waals surface area contributed by atoms with Crippen LogP contribution in [0.15, 0.2) is 78.9 Å². The lowest BCUT2D eigenvalue weighted by Crippen LogP contribution is -2.26. The maximum atomic E-state index is 12.1. The van der Waals surface area contributed by atoms with Crippen molar-refractivity contribution in [2.75, 3.05) is 13.2 Å². The number of rotatable bonds is 5. The zero-order valence-corrected chi connectivity index (χ0v) is 16.9. The van der Waals surface area contributed by atoms with Crippen molar-refractivity contribution in [3.63, 3.8) is 0 Å². The topological polar surface area (TPSA) is 55.4 Å². The normalized spacial score (nSPS) is 11.9. The van der Waals surface area contributed by atoms with Gasteiger partial charge >= 0.3 is 6.09 Å². The first-order valence-corrected chi connectivity index (χ1v) is 10.1. The molecule has 0 unspecified atom stereocenters. The van der Waals surface area contributed by atoms with Gasteiger partial charge in [0.2, 0.25) is 0 Å². The Hall–Kier alpha value is -4.10. The molecule has 0 fully saturated rings. The minimum absolute atomic E-state index is 0.0380. The van der Waals surface area contributed by atoms with Crippen LogP contribution < -0.4 is 5.32 Å². The molecule has 1 amide bonds. The lowest BCUT2D eigenvalue weighted by atomic mass is 9.98. The van der Waals surface area contributed by atoms with Gasteiger partial charge in [0.15, 0.2) is 0 Å². The number of allylic oxidation sites excluding steroid dienone is 1. The molecule has 0 saturated carbocycles. The maximum absolute atomic E-state index is 12.1. The van der Waals surface area contributed by atoms with E-state index in [-0.39, 0.29) is 19.1 Å². The van der Waals surface area contributed by atoms with Gasteiger partial charge in [-0.1, -0.05) is 78.6 Å². The lowest BCUT2D eigenvalue weighted by molar-refractivity contribution is -0.104. The van der Waals surface area contributed by atoms with Crippen LogP contribution in [0.2, 0.25) is 0 Å². The molecule has 4 rings (SSSR count). The number of amides is 1. The van der Waals surface area contributed by atoms with E-state index in [1.54, 1.807) is 6.08 Å². The Kier molecular flexibility index (Phi) is 6.25. The zero-order chi connectivity index (χ0) is 21.5. The van der Waals surface area contributed by atoms with Crippen LogP contribution in [0.5, 0.6) is 0 Å². The Bertz CT molecular complexity index is 1140. The molecule has 31 heavy (non-hydrogen) atoms. The third-order valence-electron chi connectivity index (χ3n) is 5.18. The second kappa shape index (κ2) is 9.60. The highest BCUT2D eigenvalue weighted by atomic mass is 16.5. The first-order valence-electron chi connectivity index (χ1n) is 10.1. The SMILES string of the molecule is O=C/C=C/c1ccc(C#CCNC(=O)OCC2c3ccccc3-c3ccccc32)cc1. The van der Waals surface area contributed by atoms with E-state index in [9.17, 15) is 9.59 Å². The van der Waals surface area contributed by atoms with Crippen molar-refractivity contribution in [2.24, 2.45) is 0 Å². The van der Waals surface area contributed by atoms with Crippen LogP contribution in [0.3, 0.4) is 0 Å². The van der Waals surface area contributed by atoms with Gasteiger partial charge in [-0.2, -0.15) is 0 Å². The zero-order valence-electron chi connectivity index (χ0n) is 16.9. The summed E-state index contributed by atoms with van der Waals surface area (Å²) < 4.78 is 5.49. The van der Waals surface area contributed by atoms with E-state index in [0.717, 1.165) is 17.4 Å². The Labute approximate surface area is 181 Å². The number of carbonyl (C=O) groups excluding carboxylic acids is 2. The van der Waals surface area contributed by atoms with Crippen LogP contribution in [0, 0.1) is 11.8 Å². The second-order valence-electron chi connectivity index (χ2n) is 7.10. The van der Waals surface area contributed by atoms with Gasteiger partial charge in [0.05, 0.1) is 6.54 Å². The number of ether oxygens (including phenoxy) is 1. The molecule has 0 radical (unpaired) electrons. The van der Waals surface area contributed by atoms with E-state index in [2.05, 4.69) is 41.4 Å². The van der Waals surface area contributed by atoms with Gasteiger partial charge in [-0.05, 0) is 46.0 Å². The minimum Gasteiger partial charge on any atom is -0.449 e. The standard InChI is InChI=1S/C27H21NO3/c29-18-6-8-21-15-13-20(14-16-21)7-5-17-28-27(30)31-19-26-24-11-3-1-9-22(24)23-10-2-4-12-25(23)26/h1-4,6,8-16,18,26H,17,19H2,(H,28,30)/b8-6+. The van der Waals surface area contributed by atoms with Crippen LogP contribution in [-0.2, 0) is 9.53 Å². The van der Waals surface area contributed by atoms with E-state index in [0.29, 0.717) is 0 Å². The van der Waals surface area contributed by atoms with Gasteiger partial charge in [-0.15, -0.1) is 0 Å². The van der Waals surface area contributed by atoms with E-state index in [1.807, 2.05) is 48.5 Å². The largest absolute Gasteiger partial charge is 0.449 e. The number of hydrogen-bond donors (Lipinski definition) is 1. The van der Waals surface area contributed by atoms with Gasteiger partial charge < -0.3 is 10.1 Å². The third kappa shape index (κ3) is 4.73. The first-order chi connectivity index (χ1) is 15.3. The predicted molar refractivity (Wildman–Crippen MR) is 121 cm³/mol. The van der Waals surface area contributed by atoms with Crippen molar-refractivity contribution in [1.29, 1.82) is 0 Å². The molecule has 1 aliphatic carbocycles. The molecule has 0 aromatic heterocycles. The summed E-state index contributed by atoms with van der Waals surface area (Å²) in [7, 11) is 0. The third-order valence-corrected chi connectivity index (χ3v) is 5.18.